The third kappa shape index (κ3) is 2.67. The van der Waals surface area contributed by atoms with E-state index in [9.17, 15) is 4.79 Å². The second-order valence-electron chi connectivity index (χ2n) is 3.82. The molecule has 7 heteroatoms. The molecule has 0 aliphatic heterocycles. The molecule has 0 bridgehead atoms. The van der Waals surface area contributed by atoms with Crippen molar-refractivity contribution in [2.24, 2.45) is 0 Å². The maximum absolute atomic E-state index is 11.5. The molecule has 1 aromatic heterocycles. The van der Waals surface area contributed by atoms with Gasteiger partial charge in [0.15, 0.2) is 5.69 Å². The monoisotopic (exact) mass is 294 g/mol. The highest BCUT2D eigenvalue weighted by Crippen LogP contribution is 2.34. The van der Waals surface area contributed by atoms with Crippen molar-refractivity contribution in [3.63, 3.8) is 0 Å². The Bertz CT molecular complexity index is 617. The van der Waals surface area contributed by atoms with E-state index in [4.69, 9.17) is 15.2 Å². The molecule has 0 aliphatic carbocycles. The summed E-state index contributed by atoms with van der Waals surface area (Å²) in [4.78, 5) is 15.7. The van der Waals surface area contributed by atoms with Crippen LogP contribution in [-0.2, 0) is 4.74 Å². The molecule has 1 aromatic carbocycles. The van der Waals surface area contributed by atoms with E-state index in [2.05, 4.69) is 9.72 Å². The first-order valence-corrected chi connectivity index (χ1v) is 6.48. The highest BCUT2D eigenvalue weighted by Gasteiger charge is 2.18. The zero-order valence-electron chi connectivity index (χ0n) is 11.3. The summed E-state index contributed by atoms with van der Waals surface area (Å²) in [5, 5.41) is 0.911. The average molecular weight is 294 g/mol. The minimum absolute atomic E-state index is 0.120. The first-order valence-electron chi connectivity index (χ1n) is 5.67. The number of benzene rings is 1. The van der Waals surface area contributed by atoms with E-state index in [1.807, 2.05) is 0 Å². The SMILES string of the molecule is COC(=O)c1nc(-c2cc(OC)cc(OC)c2)sc1N. The quantitative estimate of drug-likeness (QED) is 0.870. The summed E-state index contributed by atoms with van der Waals surface area (Å²) < 4.78 is 15.0. The van der Waals surface area contributed by atoms with Crippen molar-refractivity contribution < 1.29 is 19.0 Å². The fourth-order valence-corrected chi connectivity index (χ4v) is 2.44. The van der Waals surface area contributed by atoms with Gasteiger partial charge in [0, 0.05) is 11.6 Å². The van der Waals surface area contributed by atoms with E-state index in [1.165, 1.54) is 18.4 Å². The summed E-state index contributed by atoms with van der Waals surface area (Å²) in [5.74, 6) is 0.709. The van der Waals surface area contributed by atoms with Crippen LogP contribution in [0.3, 0.4) is 0 Å². The van der Waals surface area contributed by atoms with Gasteiger partial charge >= 0.3 is 5.97 Å². The summed E-state index contributed by atoms with van der Waals surface area (Å²) in [5.41, 5.74) is 6.67. The van der Waals surface area contributed by atoms with Gasteiger partial charge in [-0.15, -0.1) is 0 Å². The zero-order chi connectivity index (χ0) is 14.7. The highest BCUT2D eigenvalue weighted by molar-refractivity contribution is 7.19. The van der Waals surface area contributed by atoms with Crippen LogP contribution < -0.4 is 15.2 Å². The number of methoxy groups -OCH3 is 3. The second kappa shape index (κ2) is 5.79. The number of carbonyl (C=O) groups is 1. The van der Waals surface area contributed by atoms with Crippen molar-refractivity contribution in [2.75, 3.05) is 27.1 Å². The number of ether oxygens (including phenoxy) is 3. The maximum atomic E-state index is 11.5. The van der Waals surface area contributed by atoms with E-state index in [0.29, 0.717) is 21.5 Å². The molecule has 20 heavy (non-hydrogen) atoms. The normalized spacial score (nSPS) is 10.2. The van der Waals surface area contributed by atoms with E-state index in [-0.39, 0.29) is 5.69 Å². The lowest BCUT2D eigenvalue weighted by Crippen LogP contribution is -2.04. The average Bonchev–Trinajstić information content (AvgIpc) is 2.87. The van der Waals surface area contributed by atoms with Gasteiger partial charge < -0.3 is 19.9 Å². The fraction of sp³-hybridized carbons (Fsp3) is 0.231. The van der Waals surface area contributed by atoms with Crippen LogP contribution in [0.15, 0.2) is 18.2 Å². The van der Waals surface area contributed by atoms with Crippen LogP contribution in [-0.4, -0.2) is 32.3 Å². The van der Waals surface area contributed by atoms with Gasteiger partial charge in [-0.25, -0.2) is 9.78 Å². The lowest BCUT2D eigenvalue weighted by Gasteiger charge is -2.06. The van der Waals surface area contributed by atoms with Crippen LogP contribution in [0.2, 0.25) is 0 Å². The van der Waals surface area contributed by atoms with Crippen molar-refractivity contribution in [2.45, 2.75) is 0 Å². The fourth-order valence-electron chi connectivity index (χ4n) is 1.63. The van der Waals surface area contributed by atoms with Crippen molar-refractivity contribution in [3.05, 3.63) is 23.9 Å². The number of hydrogen-bond donors (Lipinski definition) is 1. The molecule has 0 fully saturated rings. The molecule has 0 radical (unpaired) electrons. The number of nitrogen functional groups attached to an aromatic ring is 1. The topological polar surface area (TPSA) is 83.7 Å². The van der Waals surface area contributed by atoms with Crippen molar-refractivity contribution in [1.29, 1.82) is 0 Å². The molecule has 0 atom stereocenters. The molecule has 2 rings (SSSR count). The predicted molar refractivity (Wildman–Crippen MR) is 76.4 cm³/mol. The Balaban J connectivity index is 2.48. The lowest BCUT2D eigenvalue weighted by atomic mass is 10.2. The van der Waals surface area contributed by atoms with Crippen LogP contribution >= 0.6 is 11.3 Å². The minimum Gasteiger partial charge on any atom is -0.497 e. The van der Waals surface area contributed by atoms with Gasteiger partial charge in [-0.1, -0.05) is 11.3 Å². The smallest absolute Gasteiger partial charge is 0.359 e. The van der Waals surface area contributed by atoms with Gasteiger partial charge in [0.2, 0.25) is 0 Å². The van der Waals surface area contributed by atoms with Gasteiger partial charge in [0.05, 0.1) is 21.3 Å². The molecule has 2 N–H and O–H groups in total. The first kappa shape index (κ1) is 14.1. The summed E-state index contributed by atoms with van der Waals surface area (Å²) in [6.45, 7) is 0. The number of esters is 1. The number of carbonyl (C=O) groups excluding carboxylic acids is 1. The minimum atomic E-state index is -0.556. The summed E-state index contributed by atoms with van der Waals surface area (Å²) >= 11 is 1.20. The summed E-state index contributed by atoms with van der Waals surface area (Å²) in [7, 11) is 4.42. The number of nitrogens with two attached hydrogens (primary N) is 1. The van der Waals surface area contributed by atoms with Crippen LogP contribution in [0.5, 0.6) is 11.5 Å². The van der Waals surface area contributed by atoms with Crippen molar-refractivity contribution >= 4 is 22.3 Å². The van der Waals surface area contributed by atoms with E-state index in [0.717, 1.165) is 5.56 Å². The van der Waals surface area contributed by atoms with Gasteiger partial charge in [0.1, 0.15) is 21.5 Å². The van der Waals surface area contributed by atoms with Crippen LogP contribution in [0.25, 0.3) is 10.6 Å². The molecule has 6 nitrogen and oxygen atoms in total. The third-order valence-corrected chi connectivity index (χ3v) is 3.56. The van der Waals surface area contributed by atoms with Crippen molar-refractivity contribution in [1.82, 2.24) is 4.98 Å². The van der Waals surface area contributed by atoms with E-state index >= 15 is 0 Å². The molecule has 0 unspecified atom stereocenters. The number of aromatic nitrogens is 1. The van der Waals surface area contributed by atoms with E-state index < -0.39 is 5.97 Å². The molecular formula is C13H14N2O4S. The molecule has 1 heterocycles. The van der Waals surface area contributed by atoms with Crippen LogP contribution in [0.4, 0.5) is 5.00 Å². The number of anilines is 1. The van der Waals surface area contributed by atoms with Crippen LogP contribution in [0, 0.1) is 0 Å². The standard InChI is InChI=1S/C13H14N2O4S/c1-17-8-4-7(5-9(6-8)18-2)12-15-10(11(14)20-12)13(16)19-3/h4-6H,14H2,1-3H3. The number of nitrogens with zero attached hydrogens (tertiary/aromatic N) is 1. The summed E-state index contributed by atoms with van der Waals surface area (Å²) in [6, 6.07) is 5.34. The molecular weight excluding hydrogens is 280 g/mol. The van der Waals surface area contributed by atoms with Gasteiger partial charge in [-0.3, -0.25) is 0 Å². The van der Waals surface area contributed by atoms with E-state index in [1.54, 1.807) is 32.4 Å². The third-order valence-electron chi connectivity index (χ3n) is 2.63. The molecule has 0 aliphatic rings. The van der Waals surface area contributed by atoms with Crippen molar-refractivity contribution in [3.8, 4) is 22.1 Å². The number of hydrogen-bond acceptors (Lipinski definition) is 7. The Morgan fingerprint density at radius 3 is 2.25 bits per heavy atom. The molecule has 0 saturated heterocycles. The summed E-state index contributed by atoms with van der Waals surface area (Å²) in [6.07, 6.45) is 0. The number of thiazole rings is 1. The lowest BCUT2D eigenvalue weighted by molar-refractivity contribution is 0.0596. The largest absolute Gasteiger partial charge is 0.497 e. The highest BCUT2D eigenvalue weighted by atomic mass is 32.1. The second-order valence-corrected chi connectivity index (χ2v) is 4.86. The Kier molecular flexibility index (Phi) is 4.09. The molecule has 2 aromatic rings. The zero-order valence-corrected chi connectivity index (χ0v) is 12.1. The maximum Gasteiger partial charge on any atom is 0.359 e. The molecule has 106 valence electrons. The molecule has 0 amide bonds. The molecule has 0 saturated carbocycles. The molecule has 0 spiro atoms. The Labute approximate surface area is 120 Å². The Morgan fingerprint density at radius 2 is 1.75 bits per heavy atom. The number of rotatable bonds is 4. The van der Waals surface area contributed by atoms with Gasteiger partial charge in [0.25, 0.3) is 0 Å². The Hall–Kier alpha value is -2.28. The first-order chi connectivity index (χ1) is 9.58. The van der Waals surface area contributed by atoms with Gasteiger partial charge in [-0.2, -0.15) is 0 Å². The Morgan fingerprint density at radius 1 is 1.15 bits per heavy atom. The van der Waals surface area contributed by atoms with Gasteiger partial charge in [-0.05, 0) is 12.1 Å². The van der Waals surface area contributed by atoms with Crippen LogP contribution in [0.1, 0.15) is 10.5 Å². The predicted octanol–water partition coefficient (Wildman–Crippen LogP) is 2.20.